The fourth-order valence-corrected chi connectivity index (χ4v) is 2.81. The molecule has 0 bridgehead atoms. The highest BCUT2D eigenvalue weighted by atomic mass is 14.9. The van der Waals surface area contributed by atoms with Gasteiger partial charge in [0.2, 0.25) is 0 Å². The number of nitrogen functional groups attached to an aromatic ring is 1. The fourth-order valence-electron chi connectivity index (χ4n) is 2.81. The van der Waals surface area contributed by atoms with Gasteiger partial charge < -0.3 is 5.73 Å². The van der Waals surface area contributed by atoms with Crippen LogP contribution in [0.2, 0.25) is 0 Å². The first-order valence-electron chi connectivity index (χ1n) is 6.92. The van der Waals surface area contributed by atoms with E-state index >= 15 is 0 Å². The van der Waals surface area contributed by atoms with Crippen molar-refractivity contribution in [2.24, 2.45) is 0 Å². The minimum Gasteiger partial charge on any atom is -0.399 e. The molecule has 0 fully saturated rings. The fraction of sp³-hybridized carbons (Fsp3) is 0.375. The summed E-state index contributed by atoms with van der Waals surface area (Å²) in [5.74, 6) is 0.920. The third-order valence-electron chi connectivity index (χ3n) is 3.75. The second kappa shape index (κ2) is 5.00. The highest BCUT2D eigenvalue weighted by Gasteiger charge is 2.15. The number of aryl methyl sites for hydroxylation is 2. The predicted octanol–water partition coefficient (Wildman–Crippen LogP) is 2.84. The van der Waals surface area contributed by atoms with Crippen LogP contribution in [-0.4, -0.2) is 9.97 Å². The molecule has 1 aromatic heterocycles. The van der Waals surface area contributed by atoms with E-state index in [4.69, 9.17) is 10.7 Å². The lowest BCUT2D eigenvalue weighted by atomic mass is 9.95. The average molecular weight is 253 g/mol. The van der Waals surface area contributed by atoms with Gasteiger partial charge in [0.25, 0.3) is 0 Å². The summed E-state index contributed by atoms with van der Waals surface area (Å²) < 4.78 is 0. The number of aromatic nitrogens is 2. The van der Waals surface area contributed by atoms with Crippen LogP contribution in [0.4, 0.5) is 5.69 Å². The summed E-state index contributed by atoms with van der Waals surface area (Å²) in [5, 5.41) is 0. The lowest BCUT2D eigenvalue weighted by molar-refractivity contribution is 0.649. The van der Waals surface area contributed by atoms with Crippen molar-refractivity contribution in [1.29, 1.82) is 0 Å². The van der Waals surface area contributed by atoms with E-state index in [9.17, 15) is 0 Å². The summed E-state index contributed by atoms with van der Waals surface area (Å²) in [7, 11) is 0. The average Bonchev–Trinajstić information content (AvgIpc) is 2.39. The lowest BCUT2D eigenvalue weighted by Gasteiger charge is -2.17. The van der Waals surface area contributed by atoms with Crippen molar-refractivity contribution in [3.8, 4) is 0 Å². The van der Waals surface area contributed by atoms with Gasteiger partial charge in [0.15, 0.2) is 0 Å². The number of rotatable bonds is 2. The minimum atomic E-state index is 0.763. The summed E-state index contributed by atoms with van der Waals surface area (Å²) in [5.41, 5.74) is 11.6. The van der Waals surface area contributed by atoms with Crippen LogP contribution in [0.25, 0.3) is 0 Å². The maximum absolute atomic E-state index is 5.81. The molecule has 98 valence electrons. The molecule has 0 aliphatic heterocycles. The van der Waals surface area contributed by atoms with Crippen molar-refractivity contribution in [3.05, 3.63) is 52.6 Å². The second-order valence-corrected chi connectivity index (χ2v) is 5.28. The zero-order valence-corrected chi connectivity index (χ0v) is 11.3. The molecule has 2 N–H and O–H groups in total. The molecule has 0 unspecified atom stereocenters. The first-order chi connectivity index (χ1) is 9.22. The van der Waals surface area contributed by atoms with E-state index in [0.717, 1.165) is 36.5 Å². The van der Waals surface area contributed by atoms with Gasteiger partial charge in [0, 0.05) is 23.5 Å². The van der Waals surface area contributed by atoms with Gasteiger partial charge in [-0.15, -0.1) is 0 Å². The molecule has 3 rings (SSSR count). The quantitative estimate of drug-likeness (QED) is 0.837. The van der Waals surface area contributed by atoms with Gasteiger partial charge in [-0.05, 0) is 55.9 Å². The van der Waals surface area contributed by atoms with Crippen LogP contribution >= 0.6 is 0 Å². The Balaban J connectivity index is 1.91. The number of nitrogens with two attached hydrogens (primary N) is 1. The maximum Gasteiger partial charge on any atom is 0.133 e. The molecule has 3 heteroatoms. The van der Waals surface area contributed by atoms with Crippen LogP contribution in [0.3, 0.4) is 0 Å². The SMILES string of the molecule is Cc1nc(Cc2cccc(N)c2)nc2c1CCCC2. The molecule has 0 saturated carbocycles. The zero-order chi connectivity index (χ0) is 13.2. The Kier molecular flexibility index (Phi) is 3.20. The molecule has 0 spiro atoms. The van der Waals surface area contributed by atoms with Gasteiger partial charge in [-0.1, -0.05) is 12.1 Å². The van der Waals surface area contributed by atoms with Gasteiger partial charge >= 0.3 is 0 Å². The first kappa shape index (κ1) is 12.2. The van der Waals surface area contributed by atoms with E-state index in [0.29, 0.717) is 0 Å². The summed E-state index contributed by atoms with van der Waals surface area (Å²) in [6, 6.07) is 7.96. The maximum atomic E-state index is 5.81. The van der Waals surface area contributed by atoms with E-state index in [-0.39, 0.29) is 0 Å². The van der Waals surface area contributed by atoms with Gasteiger partial charge in [-0.2, -0.15) is 0 Å². The monoisotopic (exact) mass is 253 g/mol. The molecular weight excluding hydrogens is 234 g/mol. The minimum absolute atomic E-state index is 0.763. The zero-order valence-electron chi connectivity index (χ0n) is 11.3. The summed E-state index contributed by atoms with van der Waals surface area (Å²) in [4.78, 5) is 9.41. The van der Waals surface area contributed by atoms with Gasteiger partial charge in [0.05, 0.1) is 0 Å². The van der Waals surface area contributed by atoms with E-state index in [1.54, 1.807) is 0 Å². The molecule has 0 amide bonds. The van der Waals surface area contributed by atoms with Gasteiger partial charge in [0.1, 0.15) is 5.82 Å². The lowest BCUT2D eigenvalue weighted by Crippen LogP contribution is -2.12. The van der Waals surface area contributed by atoms with Crippen LogP contribution in [-0.2, 0) is 19.3 Å². The Morgan fingerprint density at radius 3 is 2.84 bits per heavy atom. The van der Waals surface area contributed by atoms with Crippen molar-refractivity contribution < 1.29 is 0 Å². The Bertz CT molecular complexity index is 605. The van der Waals surface area contributed by atoms with Crippen LogP contribution in [0.1, 0.15) is 41.2 Å². The summed E-state index contributed by atoms with van der Waals surface area (Å²) >= 11 is 0. The van der Waals surface area contributed by atoms with Crippen molar-refractivity contribution in [2.45, 2.75) is 39.0 Å². The molecule has 2 aromatic rings. The molecule has 0 atom stereocenters. The summed E-state index contributed by atoms with van der Waals surface area (Å²) in [6.07, 6.45) is 5.52. The van der Waals surface area contributed by atoms with Gasteiger partial charge in [-0.25, -0.2) is 9.97 Å². The van der Waals surface area contributed by atoms with E-state index in [2.05, 4.69) is 18.0 Å². The third kappa shape index (κ3) is 2.60. The van der Waals surface area contributed by atoms with E-state index in [1.165, 1.54) is 29.7 Å². The molecule has 19 heavy (non-hydrogen) atoms. The van der Waals surface area contributed by atoms with Crippen molar-refractivity contribution in [1.82, 2.24) is 9.97 Å². The van der Waals surface area contributed by atoms with Crippen molar-refractivity contribution in [3.63, 3.8) is 0 Å². The number of anilines is 1. The first-order valence-corrected chi connectivity index (χ1v) is 6.92. The van der Waals surface area contributed by atoms with Gasteiger partial charge in [-0.3, -0.25) is 0 Å². The molecule has 1 aliphatic rings. The molecule has 1 aromatic carbocycles. The predicted molar refractivity (Wildman–Crippen MR) is 77.1 cm³/mol. The van der Waals surface area contributed by atoms with E-state index in [1.807, 2.05) is 18.2 Å². The number of hydrogen-bond donors (Lipinski definition) is 1. The smallest absolute Gasteiger partial charge is 0.133 e. The molecular formula is C16H19N3. The third-order valence-corrected chi connectivity index (χ3v) is 3.75. The second-order valence-electron chi connectivity index (χ2n) is 5.28. The largest absolute Gasteiger partial charge is 0.399 e. The van der Waals surface area contributed by atoms with Crippen LogP contribution in [0.15, 0.2) is 24.3 Å². The van der Waals surface area contributed by atoms with Crippen molar-refractivity contribution in [2.75, 3.05) is 5.73 Å². The summed E-state index contributed by atoms with van der Waals surface area (Å²) in [6.45, 7) is 2.11. The molecule has 0 radical (unpaired) electrons. The number of nitrogens with zero attached hydrogens (tertiary/aromatic N) is 2. The molecule has 0 saturated heterocycles. The van der Waals surface area contributed by atoms with Crippen LogP contribution < -0.4 is 5.73 Å². The number of benzene rings is 1. The number of fused-ring (bicyclic) bond motifs is 1. The molecule has 3 nitrogen and oxygen atoms in total. The standard InChI is InChI=1S/C16H19N3/c1-11-14-7-2-3-8-15(14)19-16(18-11)10-12-5-4-6-13(17)9-12/h4-6,9H,2-3,7-8,10,17H2,1H3. The molecule has 1 aliphatic carbocycles. The Morgan fingerprint density at radius 2 is 2.00 bits per heavy atom. The Morgan fingerprint density at radius 1 is 1.16 bits per heavy atom. The topological polar surface area (TPSA) is 51.8 Å². The highest BCUT2D eigenvalue weighted by Crippen LogP contribution is 2.22. The Labute approximate surface area is 113 Å². The van der Waals surface area contributed by atoms with Crippen molar-refractivity contribution >= 4 is 5.69 Å². The number of hydrogen-bond acceptors (Lipinski definition) is 3. The van der Waals surface area contributed by atoms with E-state index < -0.39 is 0 Å². The normalized spacial score (nSPS) is 14.2. The highest BCUT2D eigenvalue weighted by molar-refractivity contribution is 5.41. The van der Waals surface area contributed by atoms with Crippen LogP contribution in [0.5, 0.6) is 0 Å². The molecule has 1 heterocycles. The van der Waals surface area contributed by atoms with Crippen LogP contribution in [0, 0.1) is 6.92 Å². The Hall–Kier alpha value is -1.90.